The van der Waals surface area contributed by atoms with Gasteiger partial charge in [-0.25, -0.2) is 0 Å². The van der Waals surface area contributed by atoms with E-state index < -0.39 is 0 Å². The van der Waals surface area contributed by atoms with Crippen LogP contribution in [0.1, 0.15) is 55.4 Å². The predicted molar refractivity (Wildman–Crippen MR) is 71.5 cm³/mol. The minimum Gasteiger partial charge on any atom is -0.295 e. The van der Waals surface area contributed by atoms with E-state index in [-0.39, 0.29) is 5.78 Å². The van der Waals surface area contributed by atoms with Crippen molar-refractivity contribution in [1.29, 1.82) is 0 Å². The molecule has 1 nitrogen and oxygen atoms in total. The molecule has 90 valence electrons. The number of allylic oxidation sites excluding steroid dienone is 6. The predicted octanol–water partition coefficient (Wildman–Crippen LogP) is 4.60. The van der Waals surface area contributed by atoms with Gasteiger partial charge in [0.25, 0.3) is 0 Å². The topological polar surface area (TPSA) is 17.1 Å². The highest BCUT2D eigenvalue weighted by molar-refractivity contribution is 5.94. The molecule has 0 amide bonds. The molecule has 0 rings (SSSR count). The van der Waals surface area contributed by atoms with Crippen molar-refractivity contribution in [3.8, 4) is 0 Å². The molecule has 0 spiro atoms. The summed E-state index contributed by atoms with van der Waals surface area (Å²) in [6.07, 6.45) is 0. The van der Waals surface area contributed by atoms with E-state index in [9.17, 15) is 4.79 Å². The molecule has 0 aliphatic rings. The highest BCUT2D eigenvalue weighted by Gasteiger charge is 2.07. The molecule has 0 aromatic carbocycles. The van der Waals surface area contributed by atoms with Crippen LogP contribution in [0.15, 0.2) is 33.4 Å². The fourth-order valence-corrected chi connectivity index (χ4v) is 1.48. The van der Waals surface area contributed by atoms with E-state index in [4.69, 9.17) is 0 Å². The lowest BCUT2D eigenvalue weighted by molar-refractivity contribution is -0.113. The number of ketones is 1. The lowest BCUT2D eigenvalue weighted by atomic mass is 9.93. The zero-order valence-corrected chi connectivity index (χ0v) is 11.9. The molecule has 0 aliphatic heterocycles. The van der Waals surface area contributed by atoms with Gasteiger partial charge in [-0.05, 0) is 83.3 Å². The number of carbonyl (C=O) groups is 1. The first kappa shape index (κ1) is 14.9. The van der Waals surface area contributed by atoms with Gasteiger partial charge in [-0.15, -0.1) is 0 Å². The average molecular weight is 220 g/mol. The molecule has 0 atom stereocenters. The van der Waals surface area contributed by atoms with Gasteiger partial charge in [0.2, 0.25) is 0 Å². The molecule has 1 heteroatoms. The summed E-state index contributed by atoms with van der Waals surface area (Å²) in [6, 6.07) is 0. The summed E-state index contributed by atoms with van der Waals surface area (Å²) in [7, 11) is 0. The van der Waals surface area contributed by atoms with Gasteiger partial charge in [0.15, 0.2) is 5.78 Å². The first-order valence-electron chi connectivity index (χ1n) is 5.70. The van der Waals surface area contributed by atoms with Crippen molar-refractivity contribution >= 4 is 5.78 Å². The Morgan fingerprint density at radius 2 is 0.812 bits per heavy atom. The van der Waals surface area contributed by atoms with Gasteiger partial charge in [-0.1, -0.05) is 5.57 Å². The molecule has 0 fully saturated rings. The second kappa shape index (κ2) is 5.83. The molecular formula is C15H24O. The van der Waals surface area contributed by atoms with Crippen LogP contribution in [0.3, 0.4) is 0 Å². The van der Waals surface area contributed by atoms with E-state index in [0.717, 1.165) is 11.1 Å². The van der Waals surface area contributed by atoms with Crippen LogP contribution in [0.25, 0.3) is 0 Å². The summed E-state index contributed by atoms with van der Waals surface area (Å²) < 4.78 is 0. The monoisotopic (exact) mass is 220 g/mol. The SMILES string of the molecule is CC(=O)C(C)=C(C)C(C)=C(C)C(C)=C(C)C. The largest absolute Gasteiger partial charge is 0.295 e. The number of hydrogen-bond acceptors (Lipinski definition) is 1. The maximum absolute atomic E-state index is 11.3. The molecule has 16 heavy (non-hydrogen) atoms. The zero-order valence-electron chi connectivity index (χ0n) is 11.9. The van der Waals surface area contributed by atoms with Crippen molar-refractivity contribution < 1.29 is 4.79 Å². The van der Waals surface area contributed by atoms with Crippen molar-refractivity contribution in [2.24, 2.45) is 0 Å². The Hall–Kier alpha value is -1.11. The van der Waals surface area contributed by atoms with Crippen LogP contribution in [-0.2, 0) is 4.79 Å². The van der Waals surface area contributed by atoms with Crippen LogP contribution in [0.2, 0.25) is 0 Å². The Balaban J connectivity index is 5.61. The van der Waals surface area contributed by atoms with E-state index in [1.807, 2.05) is 13.8 Å². The molecule has 0 N–H and O–H groups in total. The normalized spacial score (nSPS) is 14.0. The van der Waals surface area contributed by atoms with Crippen molar-refractivity contribution in [3.05, 3.63) is 33.4 Å². The van der Waals surface area contributed by atoms with Crippen LogP contribution >= 0.6 is 0 Å². The standard InChI is InChI=1S/C15H24O/c1-9(2)10(3)11(4)12(5)13(6)14(7)15(8)16/h1-8H3. The molecule has 0 radical (unpaired) electrons. The lowest BCUT2D eigenvalue weighted by Crippen LogP contribution is -1.99. The van der Waals surface area contributed by atoms with Crippen molar-refractivity contribution in [2.45, 2.75) is 55.4 Å². The molecular weight excluding hydrogens is 196 g/mol. The fraction of sp³-hybridized carbons (Fsp3) is 0.533. The summed E-state index contributed by atoms with van der Waals surface area (Å²) in [4.78, 5) is 11.3. The van der Waals surface area contributed by atoms with E-state index in [1.165, 1.54) is 22.3 Å². The lowest BCUT2D eigenvalue weighted by Gasteiger charge is -2.12. The molecule has 0 unspecified atom stereocenters. The maximum atomic E-state index is 11.3. The summed E-state index contributed by atoms with van der Waals surface area (Å²) in [5.74, 6) is 0.152. The number of carbonyl (C=O) groups excluding carboxylic acids is 1. The Morgan fingerprint density at radius 1 is 0.500 bits per heavy atom. The quantitative estimate of drug-likeness (QED) is 0.501. The second-order valence-corrected chi connectivity index (χ2v) is 4.68. The average Bonchev–Trinajstić information content (AvgIpc) is 2.23. The maximum Gasteiger partial charge on any atom is 0.155 e. The van der Waals surface area contributed by atoms with Crippen LogP contribution in [0.4, 0.5) is 0 Å². The smallest absolute Gasteiger partial charge is 0.155 e. The summed E-state index contributed by atoms with van der Waals surface area (Å²) >= 11 is 0. The van der Waals surface area contributed by atoms with E-state index in [0.29, 0.717) is 0 Å². The van der Waals surface area contributed by atoms with Crippen LogP contribution in [0.5, 0.6) is 0 Å². The minimum absolute atomic E-state index is 0.152. The number of Topliss-reactive ketones (excluding diaryl/α,β-unsaturated/α-hetero) is 1. The summed E-state index contributed by atoms with van der Waals surface area (Å²) in [5, 5.41) is 0. The zero-order chi connectivity index (χ0) is 13.0. The molecule has 0 saturated carbocycles. The van der Waals surface area contributed by atoms with Gasteiger partial charge in [0.05, 0.1) is 0 Å². The third-order valence-electron chi connectivity index (χ3n) is 3.53. The van der Waals surface area contributed by atoms with Crippen molar-refractivity contribution in [1.82, 2.24) is 0 Å². The Labute approximate surface area is 99.9 Å². The molecule has 0 saturated heterocycles. The number of rotatable bonds is 3. The van der Waals surface area contributed by atoms with Crippen LogP contribution in [0, 0.1) is 0 Å². The van der Waals surface area contributed by atoms with Crippen LogP contribution in [-0.4, -0.2) is 5.78 Å². The molecule has 0 bridgehead atoms. The highest BCUT2D eigenvalue weighted by atomic mass is 16.1. The fourth-order valence-electron chi connectivity index (χ4n) is 1.48. The first-order valence-corrected chi connectivity index (χ1v) is 5.70. The molecule has 0 aromatic heterocycles. The van der Waals surface area contributed by atoms with Crippen molar-refractivity contribution in [3.63, 3.8) is 0 Å². The summed E-state index contributed by atoms with van der Waals surface area (Å²) in [5.41, 5.74) is 7.09. The van der Waals surface area contributed by atoms with E-state index in [1.54, 1.807) is 6.92 Å². The van der Waals surface area contributed by atoms with E-state index in [2.05, 4.69) is 34.6 Å². The van der Waals surface area contributed by atoms with Gasteiger partial charge in [0, 0.05) is 0 Å². The van der Waals surface area contributed by atoms with Crippen molar-refractivity contribution in [2.75, 3.05) is 0 Å². The second-order valence-electron chi connectivity index (χ2n) is 4.68. The van der Waals surface area contributed by atoms with Gasteiger partial charge in [0.1, 0.15) is 0 Å². The molecule has 0 aliphatic carbocycles. The molecule has 0 aromatic rings. The first-order chi connectivity index (χ1) is 7.20. The number of hydrogen-bond donors (Lipinski definition) is 0. The Bertz CT molecular complexity index is 386. The highest BCUT2D eigenvalue weighted by Crippen LogP contribution is 2.24. The third-order valence-corrected chi connectivity index (χ3v) is 3.53. The van der Waals surface area contributed by atoms with Gasteiger partial charge in [-0.3, -0.25) is 4.79 Å². The molecule has 0 heterocycles. The Kier molecular flexibility index (Phi) is 5.43. The summed E-state index contributed by atoms with van der Waals surface area (Å²) in [6.45, 7) is 16.1. The van der Waals surface area contributed by atoms with Crippen LogP contribution < -0.4 is 0 Å². The van der Waals surface area contributed by atoms with E-state index >= 15 is 0 Å². The van der Waals surface area contributed by atoms with Gasteiger partial charge in [-0.2, -0.15) is 0 Å². The van der Waals surface area contributed by atoms with Gasteiger partial charge < -0.3 is 0 Å². The van der Waals surface area contributed by atoms with Gasteiger partial charge >= 0.3 is 0 Å². The minimum atomic E-state index is 0.152. The Morgan fingerprint density at radius 3 is 1.12 bits per heavy atom. The third kappa shape index (κ3) is 3.48.